The topological polar surface area (TPSA) is 94.0 Å². The molecule has 2 atom stereocenters. The first kappa shape index (κ1) is 34.7. The zero-order valence-corrected chi connectivity index (χ0v) is 29.3. The van der Waals surface area contributed by atoms with Crippen LogP contribution in [0, 0.1) is 5.82 Å². The summed E-state index contributed by atoms with van der Waals surface area (Å²) in [6.45, 7) is 3.62. The van der Waals surface area contributed by atoms with E-state index >= 15 is 0 Å². The third-order valence-corrected chi connectivity index (χ3v) is 9.76. The van der Waals surface area contributed by atoms with E-state index in [1.165, 1.54) is 39.0 Å². The van der Waals surface area contributed by atoms with Crippen LogP contribution in [-0.2, 0) is 6.42 Å². The number of aromatic nitrogens is 3. The highest BCUT2D eigenvalue weighted by molar-refractivity contribution is 5.95. The van der Waals surface area contributed by atoms with Gasteiger partial charge in [-0.2, -0.15) is 0 Å². The maximum atomic E-state index is 14.3. The highest BCUT2D eigenvalue weighted by Crippen LogP contribution is 2.39. The number of para-hydroxylation sites is 1. The molecule has 0 spiro atoms. The molecule has 5 aromatic rings. The van der Waals surface area contributed by atoms with Gasteiger partial charge in [-0.15, -0.1) is 0 Å². The van der Waals surface area contributed by atoms with Crippen LogP contribution in [0.2, 0.25) is 0 Å². The summed E-state index contributed by atoms with van der Waals surface area (Å²) in [5.41, 5.74) is 9.48. The van der Waals surface area contributed by atoms with Crippen molar-refractivity contribution >= 4 is 16.9 Å². The van der Waals surface area contributed by atoms with Crippen molar-refractivity contribution < 1.29 is 23.4 Å². The number of halogens is 1. The molecule has 6 rings (SSSR count). The summed E-state index contributed by atoms with van der Waals surface area (Å²) >= 11 is 0. The first-order chi connectivity index (χ1) is 24.3. The van der Waals surface area contributed by atoms with Crippen molar-refractivity contribution in [3.8, 4) is 17.2 Å². The van der Waals surface area contributed by atoms with Gasteiger partial charge in [0.25, 0.3) is 5.91 Å². The Morgan fingerprint density at radius 3 is 2.28 bits per heavy atom. The molecule has 11 heteroatoms. The van der Waals surface area contributed by atoms with Gasteiger partial charge < -0.3 is 24.5 Å². The number of methoxy groups -OCH3 is 3. The SMILES string of the molecule is CCC(c1ccc(F)cc1)C(N1CCC(Nn2cnc3c(Cc4ccncc4)cccc32)CC1)N(C)C(=O)c1cc(OC)c(OC)c(OC)c1. The van der Waals surface area contributed by atoms with Gasteiger partial charge in [0.15, 0.2) is 11.5 Å². The fraction of sp³-hybridized carbons (Fsp3) is 0.359. The fourth-order valence-electron chi connectivity index (χ4n) is 7.18. The van der Waals surface area contributed by atoms with E-state index < -0.39 is 0 Å². The predicted molar refractivity (Wildman–Crippen MR) is 192 cm³/mol. The lowest BCUT2D eigenvalue weighted by Gasteiger charge is -2.45. The molecule has 2 unspecified atom stereocenters. The number of nitrogens with zero attached hydrogens (tertiary/aromatic N) is 5. The molecule has 50 heavy (non-hydrogen) atoms. The molecule has 3 aromatic carbocycles. The van der Waals surface area contributed by atoms with Crippen molar-refractivity contribution in [3.63, 3.8) is 0 Å². The monoisotopic (exact) mass is 680 g/mol. The Bertz CT molecular complexity index is 1870. The largest absolute Gasteiger partial charge is 0.493 e. The minimum absolute atomic E-state index is 0.0625. The van der Waals surface area contributed by atoms with Crippen LogP contribution in [0.3, 0.4) is 0 Å². The van der Waals surface area contributed by atoms with E-state index in [-0.39, 0.29) is 29.8 Å². The van der Waals surface area contributed by atoms with Crippen molar-refractivity contribution in [1.29, 1.82) is 0 Å². The van der Waals surface area contributed by atoms with Crippen molar-refractivity contribution in [2.75, 3.05) is 46.9 Å². The Balaban J connectivity index is 1.23. The molecular formula is C39H45FN6O4. The third kappa shape index (κ3) is 7.23. The molecule has 1 aliphatic heterocycles. The van der Waals surface area contributed by atoms with Gasteiger partial charge >= 0.3 is 0 Å². The van der Waals surface area contributed by atoms with Gasteiger partial charge in [-0.3, -0.25) is 14.7 Å². The lowest BCUT2D eigenvalue weighted by Crippen LogP contribution is -2.55. The van der Waals surface area contributed by atoms with Gasteiger partial charge in [0.05, 0.1) is 38.5 Å². The van der Waals surface area contributed by atoms with Crippen LogP contribution in [0.4, 0.5) is 4.39 Å². The number of nitrogens with one attached hydrogen (secondary N) is 1. The molecule has 1 saturated heterocycles. The Hall–Kier alpha value is -5.16. The molecule has 0 aliphatic carbocycles. The van der Waals surface area contributed by atoms with Gasteiger partial charge in [0.1, 0.15) is 12.1 Å². The van der Waals surface area contributed by atoms with Crippen LogP contribution in [0.5, 0.6) is 17.2 Å². The first-order valence-electron chi connectivity index (χ1n) is 17.0. The lowest BCUT2D eigenvalue weighted by molar-refractivity contribution is 0.0196. The molecule has 3 heterocycles. The quantitative estimate of drug-likeness (QED) is 0.151. The molecule has 2 aromatic heterocycles. The van der Waals surface area contributed by atoms with Crippen molar-refractivity contribution in [2.24, 2.45) is 0 Å². The number of imidazole rings is 1. The smallest absolute Gasteiger partial charge is 0.255 e. The highest BCUT2D eigenvalue weighted by atomic mass is 19.1. The molecule has 0 saturated carbocycles. The molecule has 1 N–H and O–H groups in total. The number of amides is 1. The van der Waals surface area contributed by atoms with Crippen molar-refractivity contribution in [3.05, 3.63) is 114 Å². The maximum absolute atomic E-state index is 14.3. The van der Waals surface area contributed by atoms with Crippen LogP contribution in [0.25, 0.3) is 11.0 Å². The number of carbonyl (C=O) groups is 1. The van der Waals surface area contributed by atoms with Gasteiger partial charge in [-0.25, -0.2) is 14.1 Å². The van der Waals surface area contributed by atoms with Crippen molar-refractivity contribution in [2.45, 2.75) is 50.7 Å². The highest BCUT2D eigenvalue weighted by Gasteiger charge is 2.36. The summed E-state index contributed by atoms with van der Waals surface area (Å²) in [5.74, 6) is 0.720. The van der Waals surface area contributed by atoms with E-state index in [1.807, 2.05) is 54.7 Å². The second-order valence-corrected chi connectivity index (χ2v) is 12.7. The number of hydrogen-bond donors (Lipinski definition) is 1. The predicted octanol–water partition coefficient (Wildman–Crippen LogP) is 6.49. The molecule has 262 valence electrons. The average molecular weight is 681 g/mol. The van der Waals surface area contributed by atoms with Gasteiger partial charge in [-0.05, 0) is 84.8 Å². The fourth-order valence-corrected chi connectivity index (χ4v) is 7.18. The number of carbonyl (C=O) groups excluding carboxylic acids is 1. The second kappa shape index (κ2) is 15.6. The number of fused-ring (bicyclic) bond motifs is 1. The van der Waals surface area contributed by atoms with E-state index in [0.717, 1.165) is 60.9 Å². The number of piperidine rings is 1. The zero-order valence-electron chi connectivity index (χ0n) is 29.3. The number of likely N-dealkylation sites (N-methyl/N-ethyl adjacent to an activating group) is 1. The normalized spacial score (nSPS) is 15.0. The number of likely N-dealkylation sites (tertiary alicyclic amines) is 1. The van der Waals surface area contributed by atoms with Crippen LogP contribution in [-0.4, -0.2) is 84.0 Å². The summed E-state index contributed by atoms with van der Waals surface area (Å²) in [6.07, 6.45) is 8.46. The Labute approximate surface area is 292 Å². The number of rotatable bonds is 13. The van der Waals surface area contributed by atoms with Crippen LogP contribution in [0.1, 0.15) is 59.2 Å². The van der Waals surface area contributed by atoms with Crippen LogP contribution < -0.4 is 19.6 Å². The summed E-state index contributed by atoms with van der Waals surface area (Å²) in [7, 11) is 6.44. The third-order valence-electron chi connectivity index (χ3n) is 9.76. The van der Waals surface area contributed by atoms with E-state index in [9.17, 15) is 9.18 Å². The van der Waals surface area contributed by atoms with Crippen LogP contribution >= 0.6 is 0 Å². The number of benzene rings is 3. The van der Waals surface area contributed by atoms with E-state index in [4.69, 9.17) is 19.2 Å². The second-order valence-electron chi connectivity index (χ2n) is 12.7. The summed E-state index contributed by atoms with van der Waals surface area (Å²) in [5, 5.41) is 0. The number of ether oxygens (including phenoxy) is 3. The molecule has 1 fully saturated rings. The van der Waals surface area contributed by atoms with E-state index in [0.29, 0.717) is 22.8 Å². The summed E-state index contributed by atoms with van der Waals surface area (Å²) in [6, 6.07) is 20.6. The summed E-state index contributed by atoms with van der Waals surface area (Å²) in [4.78, 5) is 27.4. The molecule has 10 nitrogen and oxygen atoms in total. The molecular weight excluding hydrogens is 635 g/mol. The zero-order chi connectivity index (χ0) is 35.2. The molecule has 1 amide bonds. The molecule has 1 aliphatic rings. The maximum Gasteiger partial charge on any atom is 0.255 e. The lowest BCUT2D eigenvalue weighted by atomic mass is 9.90. The Morgan fingerprint density at radius 1 is 0.980 bits per heavy atom. The molecule has 0 radical (unpaired) electrons. The number of hydrogen-bond acceptors (Lipinski definition) is 8. The summed E-state index contributed by atoms with van der Waals surface area (Å²) < 4.78 is 32.7. The van der Waals surface area contributed by atoms with E-state index in [1.54, 1.807) is 17.0 Å². The van der Waals surface area contributed by atoms with E-state index in [2.05, 4.69) is 40.4 Å². The molecule has 0 bridgehead atoms. The Morgan fingerprint density at radius 2 is 1.66 bits per heavy atom. The standard InChI is InChI=1S/C39H45FN6O4/c1-6-32(27-10-12-30(40)13-11-27)38(44(2)39(47)29-23-34(48-3)37(50-5)35(24-29)49-4)45-20-16-31(17-21-45)43-46-25-42-36-28(8-7-9-33(36)46)22-26-14-18-41-19-15-26/h7-15,18-19,23-25,31-32,38,43H,6,16-17,20-22H2,1-5H3. The van der Waals surface area contributed by atoms with Gasteiger partial charge in [0, 0.05) is 50.1 Å². The van der Waals surface area contributed by atoms with Crippen molar-refractivity contribution in [1.82, 2.24) is 24.4 Å². The number of pyridine rings is 1. The minimum Gasteiger partial charge on any atom is -0.493 e. The van der Waals surface area contributed by atoms with Crippen LogP contribution in [0.15, 0.2) is 85.5 Å². The average Bonchev–Trinajstić information content (AvgIpc) is 3.57. The first-order valence-corrected chi connectivity index (χ1v) is 17.0. The minimum atomic E-state index is -0.289. The van der Waals surface area contributed by atoms with Gasteiger partial charge in [-0.1, -0.05) is 31.2 Å². The Kier molecular flexibility index (Phi) is 10.8. The van der Waals surface area contributed by atoms with Gasteiger partial charge in [0.2, 0.25) is 5.75 Å².